The van der Waals surface area contributed by atoms with Crippen molar-refractivity contribution in [2.45, 2.75) is 45.2 Å². The van der Waals surface area contributed by atoms with E-state index in [-0.39, 0.29) is 0 Å². The van der Waals surface area contributed by atoms with Crippen molar-refractivity contribution in [2.75, 3.05) is 13.2 Å². The summed E-state index contributed by atoms with van der Waals surface area (Å²) in [5, 5.41) is 2.20. The number of hydrogen-bond acceptors (Lipinski definition) is 3. The minimum Gasteiger partial charge on any atom is -0.494 e. The van der Waals surface area contributed by atoms with Crippen molar-refractivity contribution in [3.05, 3.63) is 52.2 Å². The van der Waals surface area contributed by atoms with Gasteiger partial charge in [0.25, 0.3) is 0 Å². The molecule has 2 heterocycles. The lowest BCUT2D eigenvalue weighted by molar-refractivity contribution is 0.192. The van der Waals surface area contributed by atoms with Crippen molar-refractivity contribution in [1.29, 1.82) is 0 Å². The molecule has 1 fully saturated rings. The zero-order valence-corrected chi connectivity index (χ0v) is 14.1. The van der Waals surface area contributed by atoms with Crippen molar-refractivity contribution < 1.29 is 4.74 Å². The summed E-state index contributed by atoms with van der Waals surface area (Å²) in [5.74, 6) is 1.04. The number of para-hydroxylation sites is 1. The zero-order valence-electron chi connectivity index (χ0n) is 13.3. The first kappa shape index (κ1) is 15.6. The van der Waals surface area contributed by atoms with Crippen LogP contribution in [0.4, 0.5) is 0 Å². The van der Waals surface area contributed by atoms with Crippen LogP contribution >= 0.6 is 11.3 Å². The van der Waals surface area contributed by atoms with Crippen molar-refractivity contribution in [3.63, 3.8) is 0 Å². The van der Waals surface area contributed by atoms with Gasteiger partial charge >= 0.3 is 0 Å². The number of ether oxygens (including phenoxy) is 1. The number of hydrogen-bond donors (Lipinski definition) is 0. The topological polar surface area (TPSA) is 12.5 Å². The fourth-order valence-electron chi connectivity index (χ4n) is 3.31. The Kier molecular flexibility index (Phi) is 5.52. The van der Waals surface area contributed by atoms with E-state index < -0.39 is 0 Å². The Morgan fingerprint density at radius 2 is 2.05 bits per heavy atom. The van der Waals surface area contributed by atoms with Gasteiger partial charge in [0, 0.05) is 23.0 Å². The largest absolute Gasteiger partial charge is 0.494 e. The van der Waals surface area contributed by atoms with Crippen molar-refractivity contribution in [2.24, 2.45) is 0 Å². The molecule has 118 valence electrons. The lowest BCUT2D eigenvalue weighted by atomic mass is 10.1. The standard InChI is InChI=1S/C19H25NOS/c1-2-21-18-11-6-5-9-16(18)15-20-13-7-3-4-10-17(20)19-12-8-14-22-19/h5-6,8-9,11-12,14,17H,2-4,7,10,13,15H2,1H3. The Morgan fingerprint density at radius 1 is 1.14 bits per heavy atom. The molecular formula is C19H25NOS. The van der Waals surface area contributed by atoms with E-state index in [1.54, 1.807) is 0 Å². The molecule has 3 rings (SSSR count). The molecule has 0 spiro atoms. The highest BCUT2D eigenvalue weighted by atomic mass is 32.1. The second kappa shape index (κ2) is 7.80. The summed E-state index contributed by atoms with van der Waals surface area (Å²) in [5.41, 5.74) is 1.31. The van der Waals surface area contributed by atoms with E-state index in [4.69, 9.17) is 4.74 Å². The van der Waals surface area contributed by atoms with Crippen LogP contribution in [0.5, 0.6) is 5.75 Å². The van der Waals surface area contributed by atoms with Crippen LogP contribution in [0, 0.1) is 0 Å². The van der Waals surface area contributed by atoms with Crippen LogP contribution in [0.15, 0.2) is 41.8 Å². The van der Waals surface area contributed by atoms with E-state index in [1.165, 1.54) is 42.7 Å². The molecule has 3 heteroatoms. The van der Waals surface area contributed by atoms with Gasteiger partial charge in [0.2, 0.25) is 0 Å². The highest BCUT2D eigenvalue weighted by Gasteiger charge is 2.24. The molecule has 2 aromatic rings. The van der Waals surface area contributed by atoms with Crippen molar-refractivity contribution >= 4 is 11.3 Å². The Hall–Kier alpha value is -1.32. The number of rotatable bonds is 5. The molecule has 22 heavy (non-hydrogen) atoms. The van der Waals surface area contributed by atoms with Gasteiger partial charge in [0.15, 0.2) is 0 Å². The van der Waals surface area contributed by atoms with E-state index in [1.807, 2.05) is 11.3 Å². The first-order chi connectivity index (χ1) is 10.9. The second-order valence-corrected chi connectivity index (χ2v) is 6.87. The van der Waals surface area contributed by atoms with Crippen LogP contribution in [0.25, 0.3) is 0 Å². The molecule has 0 bridgehead atoms. The highest BCUT2D eigenvalue weighted by Crippen LogP contribution is 2.34. The molecule has 1 atom stereocenters. The smallest absolute Gasteiger partial charge is 0.123 e. The van der Waals surface area contributed by atoms with Gasteiger partial charge in [0.05, 0.1) is 6.61 Å². The number of nitrogens with zero attached hydrogens (tertiary/aromatic N) is 1. The maximum Gasteiger partial charge on any atom is 0.123 e. The fraction of sp³-hybridized carbons (Fsp3) is 0.474. The first-order valence-corrected chi connectivity index (χ1v) is 9.24. The van der Waals surface area contributed by atoms with Gasteiger partial charge in [-0.05, 0) is 43.8 Å². The van der Waals surface area contributed by atoms with E-state index >= 15 is 0 Å². The van der Waals surface area contributed by atoms with Gasteiger partial charge in [-0.3, -0.25) is 4.90 Å². The van der Waals surface area contributed by atoms with E-state index in [2.05, 4.69) is 53.6 Å². The number of likely N-dealkylation sites (tertiary alicyclic amines) is 1. The molecule has 1 unspecified atom stereocenters. The SMILES string of the molecule is CCOc1ccccc1CN1CCCCCC1c1cccs1. The molecule has 0 aliphatic carbocycles. The minimum atomic E-state index is 0.567. The Balaban J connectivity index is 1.81. The van der Waals surface area contributed by atoms with Gasteiger partial charge in [-0.25, -0.2) is 0 Å². The average Bonchev–Trinajstić information content (AvgIpc) is 2.97. The zero-order chi connectivity index (χ0) is 15.2. The van der Waals surface area contributed by atoms with Crippen molar-refractivity contribution in [1.82, 2.24) is 4.90 Å². The van der Waals surface area contributed by atoms with Gasteiger partial charge < -0.3 is 4.74 Å². The van der Waals surface area contributed by atoms with Gasteiger partial charge in [0.1, 0.15) is 5.75 Å². The molecule has 1 aromatic heterocycles. The Morgan fingerprint density at radius 3 is 2.86 bits per heavy atom. The van der Waals surface area contributed by atoms with Gasteiger partial charge in [-0.2, -0.15) is 0 Å². The minimum absolute atomic E-state index is 0.567. The van der Waals surface area contributed by atoms with Gasteiger partial charge in [-0.1, -0.05) is 37.1 Å². The van der Waals surface area contributed by atoms with E-state index in [0.717, 1.165) is 18.9 Å². The predicted octanol–water partition coefficient (Wildman–Crippen LogP) is 5.26. The molecular weight excluding hydrogens is 290 g/mol. The summed E-state index contributed by atoms with van der Waals surface area (Å²) in [6.45, 7) is 4.95. The summed E-state index contributed by atoms with van der Waals surface area (Å²) < 4.78 is 5.81. The van der Waals surface area contributed by atoms with Crippen LogP contribution in [-0.2, 0) is 6.54 Å². The third kappa shape index (κ3) is 3.71. The Labute approximate surface area is 137 Å². The highest BCUT2D eigenvalue weighted by molar-refractivity contribution is 7.10. The molecule has 1 saturated heterocycles. The number of benzene rings is 1. The fourth-order valence-corrected chi connectivity index (χ4v) is 4.21. The molecule has 0 radical (unpaired) electrons. The monoisotopic (exact) mass is 315 g/mol. The van der Waals surface area contributed by atoms with Crippen LogP contribution in [0.3, 0.4) is 0 Å². The average molecular weight is 315 g/mol. The third-order valence-corrected chi connectivity index (χ3v) is 5.35. The third-order valence-electron chi connectivity index (χ3n) is 4.38. The summed E-state index contributed by atoms with van der Waals surface area (Å²) in [6.07, 6.45) is 5.27. The van der Waals surface area contributed by atoms with Gasteiger partial charge in [-0.15, -0.1) is 11.3 Å². The lowest BCUT2D eigenvalue weighted by Crippen LogP contribution is -2.27. The van der Waals surface area contributed by atoms with Crippen LogP contribution in [0.1, 0.15) is 49.1 Å². The van der Waals surface area contributed by atoms with E-state index in [9.17, 15) is 0 Å². The van der Waals surface area contributed by atoms with Crippen molar-refractivity contribution in [3.8, 4) is 5.75 Å². The summed E-state index contributed by atoms with van der Waals surface area (Å²) in [4.78, 5) is 4.16. The quantitative estimate of drug-likeness (QED) is 0.746. The molecule has 1 aromatic carbocycles. The van der Waals surface area contributed by atoms with Crippen LogP contribution in [0.2, 0.25) is 0 Å². The summed E-state index contributed by atoms with van der Waals surface area (Å²) in [7, 11) is 0. The molecule has 0 N–H and O–H groups in total. The van der Waals surface area contributed by atoms with Crippen LogP contribution < -0.4 is 4.74 Å². The summed E-state index contributed by atoms with van der Waals surface area (Å²) >= 11 is 1.89. The molecule has 1 aliphatic heterocycles. The maximum atomic E-state index is 5.81. The predicted molar refractivity (Wildman–Crippen MR) is 93.5 cm³/mol. The van der Waals surface area contributed by atoms with Crippen LogP contribution in [-0.4, -0.2) is 18.1 Å². The number of thiophene rings is 1. The maximum absolute atomic E-state index is 5.81. The molecule has 0 saturated carbocycles. The Bertz CT molecular complexity index is 567. The van der Waals surface area contributed by atoms with E-state index in [0.29, 0.717) is 6.04 Å². The molecule has 1 aliphatic rings. The lowest BCUT2D eigenvalue weighted by Gasteiger charge is -2.30. The first-order valence-electron chi connectivity index (χ1n) is 8.36. The molecule has 0 amide bonds. The normalized spacial score (nSPS) is 19.8. The molecule has 2 nitrogen and oxygen atoms in total. The second-order valence-electron chi connectivity index (χ2n) is 5.89. The summed E-state index contributed by atoms with van der Waals surface area (Å²) in [6, 6.07) is 13.5.